The molecule has 0 bridgehead atoms. The van der Waals surface area contributed by atoms with Crippen molar-refractivity contribution in [2.24, 2.45) is 5.92 Å². The van der Waals surface area contributed by atoms with E-state index in [2.05, 4.69) is 15.3 Å². The summed E-state index contributed by atoms with van der Waals surface area (Å²) in [7, 11) is 0. The number of nitrogens with zero attached hydrogens (tertiary/aromatic N) is 3. The molecule has 7 nitrogen and oxygen atoms in total. The van der Waals surface area contributed by atoms with Crippen molar-refractivity contribution in [3.8, 4) is 0 Å². The van der Waals surface area contributed by atoms with Crippen LogP contribution in [0.15, 0.2) is 24.4 Å². The number of aromatic nitrogens is 2. The number of hydrogen-bond acceptors (Lipinski definition) is 5. The first kappa shape index (κ1) is 23.7. The quantitative estimate of drug-likeness (QED) is 0.677. The first-order chi connectivity index (χ1) is 15.8. The van der Waals surface area contributed by atoms with Crippen LogP contribution in [0.1, 0.15) is 41.5 Å². The first-order valence-corrected chi connectivity index (χ1v) is 11.1. The summed E-state index contributed by atoms with van der Waals surface area (Å²) in [6.45, 7) is -0.176. The van der Waals surface area contributed by atoms with Crippen molar-refractivity contribution in [2.75, 3.05) is 26.4 Å². The van der Waals surface area contributed by atoms with Crippen LogP contribution in [0.4, 0.5) is 18.0 Å². The number of nitrogens with one attached hydrogen (secondary N) is 1. The van der Waals surface area contributed by atoms with Crippen molar-refractivity contribution >= 4 is 17.6 Å². The van der Waals surface area contributed by atoms with Gasteiger partial charge in [-0.05, 0) is 36.5 Å². The van der Waals surface area contributed by atoms with Gasteiger partial charge < -0.3 is 20.1 Å². The fourth-order valence-corrected chi connectivity index (χ4v) is 4.29. The number of aliphatic hydroxyl groups excluding tert-OH is 1. The van der Waals surface area contributed by atoms with Crippen LogP contribution in [-0.2, 0) is 23.6 Å². The van der Waals surface area contributed by atoms with Crippen LogP contribution < -0.4 is 5.32 Å². The van der Waals surface area contributed by atoms with Crippen molar-refractivity contribution in [2.45, 2.75) is 37.8 Å². The SMILES string of the molecule is O=C(N[C@H](CO)c1ccc(F)c(Cl)c1)N1Cc2nc(CC3CCOCC3)ncc2C(F)(F)C1. The van der Waals surface area contributed by atoms with Gasteiger partial charge in [0.05, 0.1) is 42.0 Å². The molecule has 1 atom stereocenters. The molecule has 1 saturated heterocycles. The van der Waals surface area contributed by atoms with E-state index in [4.69, 9.17) is 16.3 Å². The highest BCUT2D eigenvalue weighted by Crippen LogP contribution is 2.36. The number of benzene rings is 1. The van der Waals surface area contributed by atoms with Crippen LogP contribution in [0.2, 0.25) is 5.02 Å². The molecule has 2 aromatic rings. The van der Waals surface area contributed by atoms with Crippen molar-refractivity contribution in [1.82, 2.24) is 20.2 Å². The van der Waals surface area contributed by atoms with E-state index < -0.39 is 37.0 Å². The van der Waals surface area contributed by atoms with Gasteiger partial charge in [0, 0.05) is 25.8 Å². The van der Waals surface area contributed by atoms with Crippen molar-refractivity contribution in [3.05, 3.63) is 57.9 Å². The molecule has 1 aromatic carbocycles. The third-order valence-electron chi connectivity index (χ3n) is 5.97. The number of hydrogen-bond donors (Lipinski definition) is 2. The number of ether oxygens (including phenoxy) is 1. The Labute approximate surface area is 193 Å². The van der Waals surface area contributed by atoms with E-state index in [-0.39, 0.29) is 22.8 Å². The average Bonchev–Trinajstić information content (AvgIpc) is 2.79. The number of amides is 2. The maximum atomic E-state index is 14.8. The predicted molar refractivity (Wildman–Crippen MR) is 113 cm³/mol. The Morgan fingerprint density at radius 1 is 1.36 bits per heavy atom. The van der Waals surface area contributed by atoms with Crippen LogP contribution in [0.25, 0.3) is 0 Å². The zero-order valence-corrected chi connectivity index (χ0v) is 18.5. The second-order valence-electron chi connectivity index (χ2n) is 8.33. The van der Waals surface area contributed by atoms with Crippen LogP contribution in [0.3, 0.4) is 0 Å². The van der Waals surface area contributed by atoms with Gasteiger partial charge in [0.1, 0.15) is 11.6 Å². The van der Waals surface area contributed by atoms with Crippen LogP contribution in [0, 0.1) is 11.7 Å². The molecule has 178 valence electrons. The Kier molecular flexibility index (Phi) is 7.06. The summed E-state index contributed by atoms with van der Waals surface area (Å²) in [5.74, 6) is -3.18. The van der Waals surface area contributed by atoms with Gasteiger partial charge in [-0.3, -0.25) is 0 Å². The lowest BCUT2D eigenvalue weighted by molar-refractivity contribution is -0.0428. The van der Waals surface area contributed by atoms with Gasteiger partial charge in [0.2, 0.25) is 0 Å². The third kappa shape index (κ3) is 5.39. The van der Waals surface area contributed by atoms with Gasteiger partial charge in [-0.2, -0.15) is 8.78 Å². The van der Waals surface area contributed by atoms with E-state index in [9.17, 15) is 23.1 Å². The fraction of sp³-hybridized carbons (Fsp3) is 0.500. The minimum atomic E-state index is -3.32. The molecule has 2 N–H and O–H groups in total. The number of aliphatic hydroxyl groups is 1. The van der Waals surface area contributed by atoms with Gasteiger partial charge in [0.15, 0.2) is 0 Å². The van der Waals surface area contributed by atoms with Crippen LogP contribution in [0.5, 0.6) is 0 Å². The Bertz CT molecular complexity index is 1020. The fourth-order valence-electron chi connectivity index (χ4n) is 4.10. The van der Waals surface area contributed by atoms with E-state index in [1.165, 1.54) is 12.1 Å². The van der Waals surface area contributed by atoms with Gasteiger partial charge in [-0.15, -0.1) is 0 Å². The molecule has 0 saturated carbocycles. The standard InChI is InChI=1S/C22H24ClF3N4O3/c23-16-8-14(1-2-17(16)24)19(11-31)29-21(32)30-10-18-15(22(25,26)12-30)9-27-20(28-18)7-13-3-5-33-6-4-13/h1-2,8-9,13,19,31H,3-7,10-12H2,(H,29,32)/t19-/m1/s1. The lowest BCUT2D eigenvalue weighted by Gasteiger charge is -2.34. The number of carbonyl (C=O) groups excluding carboxylic acids is 1. The summed E-state index contributed by atoms with van der Waals surface area (Å²) in [6, 6.07) is 1.99. The smallest absolute Gasteiger partial charge is 0.318 e. The lowest BCUT2D eigenvalue weighted by Crippen LogP contribution is -2.49. The van der Waals surface area contributed by atoms with Gasteiger partial charge in [0.25, 0.3) is 5.92 Å². The minimum Gasteiger partial charge on any atom is -0.394 e. The molecule has 2 aliphatic heterocycles. The molecule has 0 aliphatic carbocycles. The maximum absolute atomic E-state index is 14.8. The lowest BCUT2D eigenvalue weighted by atomic mass is 9.96. The first-order valence-electron chi connectivity index (χ1n) is 10.7. The highest BCUT2D eigenvalue weighted by molar-refractivity contribution is 6.30. The summed E-state index contributed by atoms with van der Waals surface area (Å²) in [5, 5.41) is 12.0. The van der Waals surface area contributed by atoms with Crippen LogP contribution in [-0.4, -0.2) is 52.4 Å². The van der Waals surface area contributed by atoms with E-state index in [0.717, 1.165) is 30.0 Å². The summed E-state index contributed by atoms with van der Waals surface area (Å²) in [4.78, 5) is 22.2. The third-order valence-corrected chi connectivity index (χ3v) is 6.26. The number of urea groups is 1. The second-order valence-corrected chi connectivity index (χ2v) is 8.73. The molecule has 1 aromatic heterocycles. The van der Waals surface area contributed by atoms with Crippen molar-refractivity contribution in [3.63, 3.8) is 0 Å². The molecule has 0 spiro atoms. The molecule has 11 heteroatoms. The van der Waals surface area contributed by atoms with Gasteiger partial charge >= 0.3 is 6.03 Å². The number of alkyl halides is 2. The topological polar surface area (TPSA) is 87.6 Å². The zero-order chi connectivity index (χ0) is 23.6. The summed E-state index contributed by atoms with van der Waals surface area (Å²) >= 11 is 5.78. The van der Waals surface area contributed by atoms with E-state index in [1.807, 2.05) is 0 Å². The Hall–Kier alpha value is -2.43. The highest BCUT2D eigenvalue weighted by atomic mass is 35.5. The summed E-state index contributed by atoms with van der Waals surface area (Å²) in [6.07, 6.45) is 3.44. The molecule has 0 radical (unpaired) electrons. The molecule has 2 aliphatic rings. The van der Waals surface area contributed by atoms with E-state index in [1.54, 1.807) is 0 Å². The highest BCUT2D eigenvalue weighted by Gasteiger charge is 2.43. The Balaban J connectivity index is 1.49. The Morgan fingerprint density at radius 3 is 2.82 bits per heavy atom. The van der Waals surface area contributed by atoms with Crippen LogP contribution >= 0.6 is 11.6 Å². The molecular formula is C22H24ClF3N4O3. The molecule has 33 heavy (non-hydrogen) atoms. The number of halogens is 4. The van der Waals surface area contributed by atoms with Gasteiger partial charge in [-0.25, -0.2) is 19.2 Å². The predicted octanol–water partition coefficient (Wildman–Crippen LogP) is 3.59. The minimum absolute atomic E-state index is 0.101. The second kappa shape index (κ2) is 9.82. The zero-order valence-electron chi connectivity index (χ0n) is 17.7. The molecule has 2 amide bonds. The molecule has 1 fully saturated rings. The maximum Gasteiger partial charge on any atom is 0.318 e. The number of rotatable bonds is 5. The Morgan fingerprint density at radius 2 is 2.12 bits per heavy atom. The number of carbonyl (C=O) groups is 1. The molecule has 4 rings (SSSR count). The van der Waals surface area contributed by atoms with Gasteiger partial charge in [-0.1, -0.05) is 17.7 Å². The van der Waals surface area contributed by atoms with E-state index in [0.29, 0.717) is 36.9 Å². The largest absolute Gasteiger partial charge is 0.394 e. The molecule has 3 heterocycles. The van der Waals surface area contributed by atoms with Crippen molar-refractivity contribution < 1.29 is 27.8 Å². The van der Waals surface area contributed by atoms with Crippen molar-refractivity contribution in [1.29, 1.82) is 0 Å². The molecular weight excluding hydrogens is 461 g/mol. The summed E-state index contributed by atoms with van der Waals surface area (Å²) in [5.41, 5.74) is 0.164. The summed E-state index contributed by atoms with van der Waals surface area (Å²) < 4.78 is 48.4. The average molecular weight is 485 g/mol. The monoisotopic (exact) mass is 484 g/mol. The molecule has 0 unspecified atom stereocenters. The van der Waals surface area contributed by atoms with E-state index >= 15 is 0 Å². The normalized spacial score (nSPS) is 19.1. The number of fused-ring (bicyclic) bond motifs is 1.